The molecule has 0 atom stereocenters. The molecular formula is C6H7FOSi. The van der Waals surface area contributed by atoms with Crippen molar-refractivity contribution in [3.8, 4) is 0 Å². The second-order valence-corrected chi connectivity index (χ2v) is 2.92. The van der Waals surface area contributed by atoms with Crippen LogP contribution in [0.25, 0.3) is 0 Å². The predicted molar refractivity (Wildman–Crippen MR) is 36.8 cm³/mol. The second-order valence-electron chi connectivity index (χ2n) is 1.79. The molecule has 0 aliphatic carbocycles. The Bertz CT molecular complexity index is 202. The zero-order valence-electron chi connectivity index (χ0n) is 4.84. The second kappa shape index (κ2) is 2.75. The number of benzene rings is 1. The Labute approximate surface area is 55.1 Å². The van der Waals surface area contributed by atoms with Gasteiger partial charge in [-0.15, -0.1) is 0 Å². The van der Waals surface area contributed by atoms with E-state index in [0.717, 1.165) is 5.19 Å². The highest BCUT2D eigenvalue weighted by Crippen LogP contribution is 1.90. The van der Waals surface area contributed by atoms with Crippen LogP contribution in [0.4, 0.5) is 4.39 Å². The van der Waals surface area contributed by atoms with Crippen molar-refractivity contribution in [2.24, 2.45) is 0 Å². The Morgan fingerprint density at radius 2 is 2.22 bits per heavy atom. The van der Waals surface area contributed by atoms with Crippen molar-refractivity contribution in [3.05, 3.63) is 30.1 Å². The van der Waals surface area contributed by atoms with E-state index in [4.69, 9.17) is 4.80 Å². The van der Waals surface area contributed by atoms with E-state index in [0.29, 0.717) is 0 Å². The van der Waals surface area contributed by atoms with Crippen molar-refractivity contribution in [3.63, 3.8) is 0 Å². The first-order chi connectivity index (χ1) is 4.33. The SMILES string of the molecule is O[SiH2]c1cccc(F)c1. The molecule has 1 aromatic rings. The van der Waals surface area contributed by atoms with Gasteiger partial charge in [0, 0.05) is 0 Å². The van der Waals surface area contributed by atoms with Crippen LogP contribution in [0.15, 0.2) is 24.3 Å². The van der Waals surface area contributed by atoms with Gasteiger partial charge in [0.1, 0.15) is 5.82 Å². The van der Waals surface area contributed by atoms with Crippen LogP contribution in [-0.2, 0) is 0 Å². The van der Waals surface area contributed by atoms with E-state index < -0.39 is 9.76 Å². The molecule has 1 N–H and O–H groups in total. The molecule has 0 heterocycles. The topological polar surface area (TPSA) is 20.2 Å². The lowest BCUT2D eigenvalue weighted by molar-refractivity contribution is 0.611. The number of rotatable bonds is 1. The minimum atomic E-state index is -1.17. The highest BCUT2D eigenvalue weighted by Gasteiger charge is 1.90. The molecule has 0 aliphatic rings. The number of halogens is 1. The molecule has 1 rings (SSSR count). The van der Waals surface area contributed by atoms with Gasteiger partial charge >= 0.3 is 0 Å². The van der Waals surface area contributed by atoms with E-state index in [2.05, 4.69) is 0 Å². The van der Waals surface area contributed by atoms with Gasteiger partial charge in [-0.2, -0.15) is 0 Å². The predicted octanol–water partition coefficient (Wildman–Crippen LogP) is -0.473. The molecule has 0 fully saturated rings. The van der Waals surface area contributed by atoms with Gasteiger partial charge < -0.3 is 4.80 Å². The molecule has 0 spiro atoms. The van der Waals surface area contributed by atoms with Gasteiger partial charge in [0.25, 0.3) is 0 Å². The van der Waals surface area contributed by atoms with Gasteiger partial charge in [-0.05, 0) is 17.3 Å². The monoisotopic (exact) mass is 142 g/mol. The summed E-state index contributed by atoms with van der Waals surface area (Å²) in [4.78, 5) is 8.63. The highest BCUT2D eigenvalue weighted by atomic mass is 28.2. The lowest BCUT2D eigenvalue weighted by Crippen LogP contribution is -2.12. The van der Waals surface area contributed by atoms with Crippen molar-refractivity contribution < 1.29 is 9.19 Å². The minimum Gasteiger partial charge on any atom is -0.433 e. The lowest BCUT2D eigenvalue weighted by Gasteiger charge is -1.91. The van der Waals surface area contributed by atoms with Gasteiger partial charge in [-0.1, -0.05) is 12.1 Å². The highest BCUT2D eigenvalue weighted by molar-refractivity contribution is 6.45. The summed E-state index contributed by atoms with van der Waals surface area (Å²) in [5.74, 6) is -0.269. The van der Waals surface area contributed by atoms with Crippen LogP contribution in [-0.4, -0.2) is 14.6 Å². The Kier molecular flexibility index (Phi) is 1.97. The third-order valence-electron chi connectivity index (χ3n) is 1.07. The van der Waals surface area contributed by atoms with Crippen LogP contribution >= 0.6 is 0 Å². The molecule has 0 aliphatic heterocycles. The summed E-state index contributed by atoms with van der Waals surface area (Å²) < 4.78 is 12.3. The van der Waals surface area contributed by atoms with Crippen LogP contribution < -0.4 is 5.19 Å². The molecule has 0 bridgehead atoms. The largest absolute Gasteiger partial charge is 0.433 e. The maximum atomic E-state index is 12.3. The first kappa shape index (κ1) is 6.45. The third kappa shape index (κ3) is 1.62. The van der Waals surface area contributed by atoms with E-state index in [1.165, 1.54) is 12.1 Å². The Balaban J connectivity index is 2.94. The van der Waals surface area contributed by atoms with Gasteiger partial charge in [0.05, 0.1) is 0 Å². The first-order valence-electron chi connectivity index (χ1n) is 2.68. The molecule has 1 aromatic carbocycles. The first-order valence-corrected chi connectivity index (χ1v) is 4.02. The van der Waals surface area contributed by atoms with Crippen LogP contribution in [0.5, 0.6) is 0 Å². The average molecular weight is 142 g/mol. The molecule has 9 heavy (non-hydrogen) atoms. The summed E-state index contributed by atoms with van der Waals surface area (Å²) >= 11 is 0. The maximum absolute atomic E-state index is 12.3. The molecule has 0 saturated heterocycles. The van der Waals surface area contributed by atoms with Crippen molar-refractivity contribution in [1.82, 2.24) is 0 Å². The summed E-state index contributed by atoms with van der Waals surface area (Å²) in [7, 11) is -1.17. The number of hydrogen-bond donors (Lipinski definition) is 1. The van der Waals surface area contributed by atoms with Crippen molar-refractivity contribution in [2.75, 3.05) is 0 Å². The normalized spacial score (nSPS) is 10.9. The summed E-state index contributed by atoms with van der Waals surface area (Å²) in [6.07, 6.45) is 0. The molecule has 48 valence electrons. The van der Waals surface area contributed by atoms with Crippen LogP contribution in [0.1, 0.15) is 0 Å². The Morgan fingerprint density at radius 1 is 1.44 bits per heavy atom. The van der Waals surface area contributed by atoms with Crippen LogP contribution in [0.2, 0.25) is 0 Å². The fourth-order valence-corrected chi connectivity index (χ4v) is 1.16. The summed E-state index contributed by atoms with van der Waals surface area (Å²) in [5, 5.41) is 0.745. The maximum Gasteiger partial charge on any atom is 0.188 e. The molecule has 0 amide bonds. The molecule has 0 unspecified atom stereocenters. The van der Waals surface area contributed by atoms with Crippen LogP contribution in [0.3, 0.4) is 0 Å². The van der Waals surface area contributed by atoms with Crippen molar-refractivity contribution >= 4 is 14.9 Å². The number of hydrogen-bond acceptors (Lipinski definition) is 1. The van der Waals surface area contributed by atoms with Gasteiger partial charge in [-0.25, -0.2) is 4.39 Å². The molecular weight excluding hydrogens is 135 g/mol. The molecule has 0 radical (unpaired) electrons. The summed E-state index contributed by atoms with van der Waals surface area (Å²) in [6, 6.07) is 6.07. The fourth-order valence-electron chi connectivity index (χ4n) is 0.635. The molecule has 3 heteroatoms. The standard InChI is InChI=1S/C6H7FOSi/c7-5-2-1-3-6(4-5)9-8/h1-4,8H,9H2. The van der Waals surface area contributed by atoms with E-state index in [1.54, 1.807) is 12.1 Å². The van der Waals surface area contributed by atoms with Crippen molar-refractivity contribution in [2.45, 2.75) is 0 Å². The van der Waals surface area contributed by atoms with Crippen LogP contribution in [0, 0.1) is 5.82 Å². The zero-order chi connectivity index (χ0) is 6.69. The van der Waals surface area contributed by atoms with Gasteiger partial charge in [-0.3, -0.25) is 0 Å². The Morgan fingerprint density at radius 3 is 2.67 bits per heavy atom. The van der Waals surface area contributed by atoms with Gasteiger partial charge in [0.15, 0.2) is 9.76 Å². The summed E-state index contributed by atoms with van der Waals surface area (Å²) in [6.45, 7) is 0. The smallest absolute Gasteiger partial charge is 0.188 e. The fraction of sp³-hybridized carbons (Fsp3) is 0. The quantitative estimate of drug-likeness (QED) is 0.525. The molecule has 1 nitrogen and oxygen atoms in total. The van der Waals surface area contributed by atoms with E-state index in [1.807, 2.05) is 0 Å². The summed E-state index contributed by atoms with van der Waals surface area (Å²) in [5.41, 5.74) is 0. The molecule has 0 saturated carbocycles. The van der Waals surface area contributed by atoms with Crippen molar-refractivity contribution in [1.29, 1.82) is 0 Å². The van der Waals surface area contributed by atoms with Gasteiger partial charge in [0.2, 0.25) is 0 Å². The van der Waals surface area contributed by atoms with E-state index in [9.17, 15) is 4.39 Å². The minimum absolute atomic E-state index is 0.269. The average Bonchev–Trinajstić information content (AvgIpc) is 1.88. The lowest BCUT2D eigenvalue weighted by atomic mass is 10.3. The third-order valence-corrected chi connectivity index (χ3v) is 1.88. The van der Waals surface area contributed by atoms with E-state index >= 15 is 0 Å². The molecule has 0 aromatic heterocycles. The Hall–Kier alpha value is -0.673. The zero-order valence-corrected chi connectivity index (χ0v) is 6.26. The van der Waals surface area contributed by atoms with E-state index in [-0.39, 0.29) is 5.82 Å².